The van der Waals surface area contributed by atoms with Crippen molar-refractivity contribution in [2.75, 3.05) is 12.3 Å². The first-order chi connectivity index (χ1) is 3.95. The maximum Gasteiger partial charge on any atom is 0.0187 e. The number of hydrogen-bond acceptors (Lipinski definition) is 2. The van der Waals surface area contributed by atoms with Crippen LogP contribution in [-0.2, 0) is 0 Å². The molecule has 2 atom stereocenters. The van der Waals surface area contributed by atoms with E-state index < -0.39 is 0 Å². The van der Waals surface area contributed by atoms with Crippen molar-refractivity contribution in [3.8, 4) is 0 Å². The van der Waals surface area contributed by atoms with E-state index in [1.807, 2.05) is 0 Å². The lowest BCUT2D eigenvalue weighted by atomic mass is 10.2. The molecule has 0 spiro atoms. The van der Waals surface area contributed by atoms with E-state index in [9.17, 15) is 0 Å². The normalized spacial score (nSPS) is 45.0. The first kappa shape index (κ1) is 5.12. The van der Waals surface area contributed by atoms with Crippen LogP contribution in [0.15, 0.2) is 0 Å². The molecule has 0 aromatic heterocycles. The Kier molecular flexibility index (Phi) is 1.23. The van der Waals surface area contributed by atoms with Crippen LogP contribution < -0.4 is 5.32 Å². The minimum absolute atomic E-state index is 0.890. The second kappa shape index (κ2) is 1.92. The van der Waals surface area contributed by atoms with Crippen molar-refractivity contribution in [1.29, 1.82) is 0 Å². The predicted molar refractivity (Wildman–Crippen MR) is 37.3 cm³/mol. The minimum atomic E-state index is 0.890. The summed E-state index contributed by atoms with van der Waals surface area (Å²) in [6.45, 7) is 1.27. The van der Waals surface area contributed by atoms with Gasteiger partial charge in [-0.1, -0.05) is 0 Å². The van der Waals surface area contributed by atoms with Gasteiger partial charge < -0.3 is 5.32 Å². The van der Waals surface area contributed by atoms with Gasteiger partial charge in [0.05, 0.1) is 0 Å². The molecule has 0 aromatic carbocycles. The van der Waals surface area contributed by atoms with Gasteiger partial charge >= 0.3 is 0 Å². The van der Waals surface area contributed by atoms with Gasteiger partial charge in [0.15, 0.2) is 0 Å². The summed E-state index contributed by atoms with van der Waals surface area (Å²) in [5.74, 6) is 1.39. The number of hydrogen-bond donors (Lipinski definition) is 1. The molecule has 0 aromatic rings. The van der Waals surface area contributed by atoms with Gasteiger partial charge in [-0.25, -0.2) is 0 Å². The second-order valence-electron chi connectivity index (χ2n) is 2.62. The van der Waals surface area contributed by atoms with Crippen LogP contribution >= 0.6 is 11.8 Å². The van der Waals surface area contributed by atoms with Crippen LogP contribution in [0.2, 0.25) is 0 Å². The monoisotopic (exact) mass is 129 g/mol. The number of fused-ring (bicyclic) bond motifs is 2. The Balaban J connectivity index is 2.03. The maximum absolute atomic E-state index is 3.50. The number of nitrogens with one attached hydrogen (secondary N) is 1. The van der Waals surface area contributed by atoms with E-state index in [0.717, 1.165) is 11.3 Å². The fraction of sp³-hybridized carbons (Fsp3) is 1.00. The smallest absolute Gasteiger partial charge is 0.0187 e. The Morgan fingerprint density at radius 2 is 2.50 bits per heavy atom. The summed E-state index contributed by atoms with van der Waals surface area (Å²) in [7, 11) is 0. The largest absolute Gasteiger partial charge is 0.313 e. The van der Waals surface area contributed by atoms with E-state index in [0.29, 0.717) is 0 Å². The van der Waals surface area contributed by atoms with Crippen LogP contribution in [0.3, 0.4) is 0 Å². The van der Waals surface area contributed by atoms with Gasteiger partial charge in [0, 0.05) is 17.8 Å². The summed E-state index contributed by atoms with van der Waals surface area (Å²) in [5.41, 5.74) is 0. The van der Waals surface area contributed by atoms with Crippen LogP contribution in [0.5, 0.6) is 0 Å². The third-order valence-electron chi connectivity index (χ3n) is 2.00. The third-order valence-corrected chi connectivity index (χ3v) is 3.30. The predicted octanol–water partition coefficient (Wildman–Crippen LogP) is 0.854. The van der Waals surface area contributed by atoms with Crippen LogP contribution in [-0.4, -0.2) is 23.6 Å². The quantitative estimate of drug-likeness (QED) is 0.520. The summed E-state index contributed by atoms with van der Waals surface area (Å²) in [6.07, 6.45) is 2.84. The van der Waals surface area contributed by atoms with Gasteiger partial charge in [-0.2, -0.15) is 11.8 Å². The van der Waals surface area contributed by atoms with Crippen LogP contribution in [0.25, 0.3) is 0 Å². The van der Waals surface area contributed by atoms with E-state index in [-0.39, 0.29) is 0 Å². The molecule has 1 N–H and O–H groups in total. The number of thioether (sulfide) groups is 1. The third kappa shape index (κ3) is 0.759. The van der Waals surface area contributed by atoms with Crippen molar-refractivity contribution >= 4 is 11.8 Å². The van der Waals surface area contributed by atoms with Gasteiger partial charge in [0.25, 0.3) is 0 Å². The molecule has 0 saturated carbocycles. The molecule has 2 rings (SSSR count). The van der Waals surface area contributed by atoms with Gasteiger partial charge in [0.1, 0.15) is 0 Å². The topological polar surface area (TPSA) is 12.0 Å². The molecule has 2 aliphatic rings. The fourth-order valence-corrected chi connectivity index (χ4v) is 2.84. The average molecular weight is 129 g/mol. The highest BCUT2D eigenvalue weighted by Crippen LogP contribution is 2.29. The van der Waals surface area contributed by atoms with Crippen molar-refractivity contribution in [2.24, 2.45) is 0 Å². The molecule has 8 heavy (non-hydrogen) atoms. The lowest BCUT2D eigenvalue weighted by Crippen LogP contribution is -2.21. The summed E-state index contributed by atoms with van der Waals surface area (Å²) >= 11 is 2.14. The van der Waals surface area contributed by atoms with Gasteiger partial charge in [-0.15, -0.1) is 0 Å². The summed E-state index contributed by atoms with van der Waals surface area (Å²) in [6, 6.07) is 0.890. The highest BCUT2D eigenvalue weighted by atomic mass is 32.2. The van der Waals surface area contributed by atoms with Crippen LogP contribution in [0.1, 0.15) is 12.8 Å². The molecule has 46 valence electrons. The molecule has 2 bridgehead atoms. The Morgan fingerprint density at radius 1 is 1.50 bits per heavy atom. The fourth-order valence-electron chi connectivity index (χ4n) is 1.51. The van der Waals surface area contributed by atoms with E-state index in [2.05, 4.69) is 17.1 Å². The average Bonchev–Trinajstić information content (AvgIpc) is 2.12. The molecule has 0 amide bonds. The SMILES string of the molecule is C1CC2CC(CN2)S1. The lowest BCUT2D eigenvalue weighted by Gasteiger charge is -2.15. The zero-order valence-corrected chi connectivity index (χ0v) is 5.71. The van der Waals surface area contributed by atoms with Gasteiger partial charge in [-0.3, -0.25) is 0 Å². The Morgan fingerprint density at radius 3 is 3.25 bits per heavy atom. The molecule has 0 aliphatic carbocycles. The van der Waals surface area contributed by atoms with Crippen molar-refractivity contribution in [3.05, 3.63) is 0 Å². The van der Waals surface area contributed by atoms with Gasteiger partial charge in [0.2, 0.25) is 0 Å². The van der Waals surface area contributed by atoms with E-state index >= 15 is 0 Å². The molecule has 2 heteroatoms. The summed E-state index contributed by atoms with van der Waals surface area (Å²) in [4.78, 5) is 0. The highest BCUT2D eigenvalue weighted by Gasteiger charge is 2.27. The maximum atomic E-state index is 3.50. The molecule has 2 heterocycles. The molecular formula is C6H11NS. The van der Waals surface area contributed by atoms with Crippen molar-refractivity contribution in [2.45, 2.75) is 24.1 Å². The Labute approximate surface area is 54.2 Å². The zero-order valence-electron chi connectivity index (χ0n) is 4.89. The molecule has 2 saturated heterocycles. The van der Waals surface area contributed by atoms with Crippen molar-refractivity contribution in [1.82, 2.24) is 5.32 Å². The van der Waals surface area contributed by atoms with E-state index in [1.54, 1.807) is 0 Å². The Hall–Kier alpha value is 0.310. The van der Waals surface area contributed by atoms with Crippen LogP contribution in [0.4, 0.5) is 0 Å². The highest BCUT2D eigenvalue weighted by molar-refractivity contribution is 8.00. The van der Waals surface area contributed by atoms with E-state index in [1.165, 1.54) is 25.1 Å². The molecule has 2 aliphatic heterocycles. The van der Waals surface area contributed by atoms with Crippen molar-refractivity contribution in [3.63, 3.8) is 0 Å². The van der Waals surface area contributed by atoms with E-state index in [4.69, 9.17) is 0 Å². The van der Waals surface area contributed by atoms with Crippen LogP contribution in [0, 0.1) is 0 Å². The number of rotatable bonds is 0. The standard InChI is InChI=1S/C6H11NS/c1-2-8-6-3-5(1)7-4-6/h5-7H,1-4H2. The minimum Gasteiger partial charge on any atom is -0.313 e. The lowest BCUT2D eigenvalue weighted by molar-refractivity contribution is 0.587. The molecular weight excluding hydrogens is 118 g/mol. The summed E-state index contributed by atoms with van der Waals surface area (Å²) < 4.78 is 0. The molecule has 2 unspecified atom stereocenters. The first-order valence-corrected chi connectivity index (χ1v) is 4.35. The Bertz CT molecular complexity index is 80.5. The van der Waals surface area contributed by atoms with Crippen molar-refractivity contribution < 1.29 is 0 Å². The first-order valence-electron chi connectivity index (χ1n) is 3.30. The zero-order chi connectivity index (χ0) is 5.40. The second-order valence-corrected chi connectivity index (χ2v) is 4.03. The molecule has 2 fully saturated rings. The van der Waals surface area contributed by atoms with Gasteiger partial charge in [-0.05, 0) is 18.6 Å². The molecule has 0 radical (unpaired) electrons. The summed E-state index contributed by atoms with van der Waals surface area (Å²) in [5, 5.41) is 4.46. The molecule has 1 nitrogen and oxygen atoms in total.